The third kappa shape index (κ3) is 4.73. The van der Waals surface area contributed by atoms with Crippen LogP contribution in [0.1, 0.15) is 34.3 Å². The van der Waals surface area contributed by atoms with Crippen LogP contribution < -0.4 is 5.32 Å². The summed E-state index contributed by atoms with van der Waals surface area (Å²) in [5.41, 5.74) is -3.72. The van der Waals surface area contributed by atoms with Gasteiger partial charge < -0.3 is 10.1 Å². The Kier molecular flexibility index (Phi) is 5.40. The van der Waals surface area contributed by atoms with E-state index in [0.717, 1.165) is 19.4 Å². The van der Waals surface area contributed by atoms with Crippen LogP contribution in [0.15, 0.2) is 18.2 Å². The fourth-order valence-electron chi connectivity index (χ4n) is 3.40. The fourth-order valence-corrected chi connectivity index (χ4v) is 3.40. The molecule has 1 aromatic carbocycles. The smallest absolute Gasteiger partial charge is 0.373 e. The number of nitrogens with one attached hydrogen (secondary N) is 1. The highest BCUT2D eigenvalue weighted by atomic mass is 19.4. The number of halogens is 6. The Bertz CT molecular complexity index is 671. The second kappa shape index (κ2) is 7.31. The highest BCUT2D eigenvalue weighted by molar-refractivity contribution is 5.94. The van der Waals surface area contributed by atoms with E-state index in [9.17, 15) is 31.1 Å². The Morgan fingerprint density at radius 1 is 1.11 bits per heavy atom. The maximum atomic E-state index is 12.9. The summed E-state index contributed by atoms with van der Waals surface area (Å²) in [6.45, 7) is 2.00. The van der Waals surface area contributed by atoms with Gasteiger partial charge >= 0.3 is 12.4 Å². The molecular weight excluding hydrogens is 378 g/mol. The van der Waals surface area contributed by atoms with Gasteiger partial charge in [0.05, 0.1) is 23.8 Å². The van der Waals surface area contributed by atoms with Gasteiger partial charge in [0.1, 0.15) is 0 Å². The number of morpholine rings is 1. The van der Waals surface area contributed by atoms with Crippen LogP contribution in [0.3, 0.4) is 0 Å². The third-order valence-electron chi connectivity index (χ3n) is 4.80. The SMILES string of the molecule is O=C(NC[C@@H]1CN2CCC[C@@H]2CO1)c1cc(C(F)(F)F)cc(C(F)(F)F)c1. The van der Waals surface area contributed by atoms with Crippen molar-refractivity contribution in [3.63, 3.8) is 0 Å². The summed E-state index contributed by atoms with van der Waals surface area (Å²) >= 11 is 0. The Balaban J connectivity index is 1.70. The molecule has 27 heavy (non-hydrogen) atoms. The van der Waals surface area contributed by atoms with Crippen molar-refractivity contribution in [3.05, 3.63) is 34.9 Å². The molecule has 10 heteroatoms. The van der Waals surface area contributed by atoms with Crippen molar-refractivity contribution in [1.82, 2.24) is 10.2 Å². The van der Waals surface area contributed by atoms with Crippen LogP contribution in [0.4, 0.5) is 26.3 Å². The molecule has 4 nitrogen and oxygen atoms in total. The Morgan fingerprint density at radius 3 is 2.33 bits per heavy atom. The number of nitrogens with zero attached hydrogens (tertiary/aromatic N) is 1. The van der Waals surface area contributed by atoms with Crippen LogP contribution >= 0.6 is 0 Å². The minimum absolute atomic E-state index is 0.00542. The molecule has 0 spiro atoms. The van der Waals surface area contributed by atoms with Crippen LogP contribution in [0.5, 0.6) is 0 Å². The first-order valence-electron chi connectivity index (χ1n) is 8.47. The largest absolute Gasteiger partial charge is 0.416 e. The predicted molar refractivity (Wildman–Crippen MR) is 83.1 cm³/mol. The van der Waals surface area contributed by atoms with Gasteiger partial charge in [0, 0.05) is 24.7 Å². The molecule has 0 saturated carbocycles. The molecule has 2 aliphatic heterocycles. The van der Waals surface area contributed by atoms with Crippen molar-refractivity contribution in [1.29, 1.82) is 0 Å². The van der Waals surface area contributed by atoms with Crippen molar-refractivity contribution in [2.24, 2.45) is 0 Å². The van der Waals surface area contributed by atoms with Crippen LogP contribution in [0.2, 0.25) is 0 Å². The summed E-state index contributed by atoms with van der Waals surface area (Å²) < 4.78 is 82.9. The van der Waals surface area contributed by atoms with E-state index < -0.39 is 35.0 Å². The van der Waals surface area contributed by atoms with Crippen LogP contribution in [-0.2, 0) is 17.1 Å². The average Bonchev–Trinajstić information content (AvgIpc) is 3.05. The first-order chi connectivity index (χ1) is 12.5. The van der Waals surface area contributed by atoms with Crippen LogP contribution in [-0.4, -0.2) is 49.2 Å². The molecule has 0 bridgehead atoms. The van der Waals surface area contributed by atoms with Gasteiger partial charge in [0.15, 0.2) is 0 Å². The number of carbonyl (C=O) groups excluding carboxylic acids is 1. The maximum Gasteiger partial charge on any atom is 0.416 e. The number of fused-ring (bicyclic) bond motifs is 1. The number of ether oxygens (including phenoxy) is 1. The Morgan fingerprint density at radius 2 is 1.74 bits per heavy atom. The molecule has 0 radical (unpaired) electrons. The van der Waals surface area contributed by atoms with E-state index in [1.165, 1.54) is 0 Å². The van der Waals surface area contributed by atoms with Gasteiger partial charge in [-0.15, -0.1) is 0 Å². The van der Waals surface area contributed by atoms with Crippen LogP contribution in [0, 0.1) is 0 Å². The molecule has 0 unspecified atom stereocenters. The monoisotopic (exact) mass is 396 g/mol. The van der Waals surface area contributed by atoms with Crippen molar-refractivity contribution >= 4 is 5.91 Å². The first-order valence-corrected chi connectivity index (χ1v) is 8.47. The summed E-state index contributed by atoms with van der Waals surface area (Å²) in [5.74, 6) is -1.00. The molecule has 1 N–H and O–H groups in total. The second-order valence-electron chi connectivity index (χ2n) is 6.75. The van der Waals surface area contributed by atoms with Gasteiger partial charge in [-0.05, 0) is 37.6 Å². The van der Waals surface area contributed by atoms with Crippen molar-refractivity contribution < 1.29 is 35.9 Å². The molecule has 1 amide bonds. The summed E-state index contributed by atoms with van der Waals surface area (Å²) in [6.07, 6.45) is -8.25. The molecule has 2 saturated heterocycles. The summed E-state index contributed by atoms with van der Waals surface area (Å²) in [6, 6.07) is 1.18. The lowest BCUT2D eigenvalue weighted by Crippen LogP contribution is -2.50. The van der Waals surface area contributed by atoms with E-state index in [4.69, 9.17) is 4.74 Å². The highest BCUT2D eigenvalue weighted by Gasteiger charge is 2.38. The molecule has 2 atom stereocenters. The maximum absolute atomic E-state index is 12.9. The number of benzene rings is 1. The highest BCUT2D eigenvalue weighted by Crippen LogP contribution is 2.36. The zero-order chi connectivity index (χ0) is 19.8. The molecule has 1 aromatic rings. The number of hydrogen-bond donors (Lipinski definition) is 1. The van der Waals surface area contributed by atoms with Gasteiger partial charge in [0.2, 0.25) is 0 Å². The number of rotatable bonds is 3. The van der Waals surface area contributed by atoms with Crippen molar-refractivity contribution in [2.75, 3.05) is 26.2 Å². The normalized spacial score (nSPS) is 23.9. The van der Waals surface area contributed by atoms with Crippen molar-refractivity contribution in [3.8, 4) is 0 Å². The lowest BCUT2D eigenvalue weighted by molar-refractivity contribution is -0.143. The molecule has 0 aromatic heterocycles. The average molecular weight is 396 g/mol. The summed E-state index contributed by atoms with van der Waals surface area (Å²) in [7, 11) is 0. The number of alkyl halides is 6. The molecule has 0 aliphatic carbocycles. The van der Waals surface area contributed by atoms with E-state index >= 15 is 0 Å². The zero-order valence-electron chi connectivity index (χ0n) is 14.2. The molecule has 2 heterocycles. The third-order valence-corrected chi connectivity index (χ3v) is 4.80. The second-order valence-corrected chi connectivity index (χ2v) is 6.75. The minimum atomic E-state index is -4.99. The van der Waals surface area contributed by atoms with Crippen molar-refractivity contribution in [2.45, 2.75) is 37.3 Å². The molecule has 150 valence electrons. The topological polar surface area (TPSA) is 41.6 Å². The Labute approximate surface area is 151 Å². The van der Waals surface area contributed by atoms with Gasteiger partial charge in [-0.2, -0.15) is 26.3 Å². The Hall–Kier alpha value is -1.81. The molecule has 2 aliphatic rings. The number of hydrogen-bond acceptors (Lipinski definition) is 3. The first kappa shape index (κ1) is 19.9. The molecule has 3 rings (SSSR count). The molecule has 2 fully saturated rings. The summed E-state index contributed by atoms with van der Waals surface area (Å²) in [5, 5.41) is 2.38. The number of carbonyl (C=O) groups is 1. The lowest BCUT2D eigenvalue weighted by Gasteiger charge is -2.35. The molecular formula is C17H18F6N2O2. The summed E-state index contributed by atoms with van der Waals surface area (Å²) in [4.78, 5) is 14.4. The standard InChI is InChI=1S/C17H18F6N2O2/c18-16(19,20)11-4-10(5-12(6-11)17(21,22)23)15(26)24-7-14-8-25-3-1-2-13(25)9-27-14/h4-6,13-14H,1-3,7-9H2,(H,24,26)/t13-,14-/m1/s1. The lowest BCUT2D eigenvalue weighted by atomic mass is 10.0. The van der Waals surface area contributed by atoms with E-state index in [2.05, 4.69) is 10.2 Å². The van der Waals surface area contributed by atoms with E-state index in [1.54, 1.807) is 0 Å². The van der Waals surface area contributed by atoms with E-state index in [-0.39, 0.29) is 18.7 Å². The van der Waals surface area contributed by atoms with Gasteiger partial charge in [0.25, 0.3) is 5.91 Å². The predicted octanol–water partition coefficient (Wildman–Crippen LogP) is 3.32. The van der Waals surface area contributed by atoms with Gasteiger partial charge in [-0.3, -0.25) is 9.69 Å². The van der Waals surface area contributed by atoms with Gasteiger partial charge in [-0.25, -0.2) is 0 Å². The van der Waals surface area contributed by atoms with Gasteiger partial charge in [-0.1, -0.05) is 0 Å². The minimum Gasteiger partial charge on any atom is -0.373 e. The quantitative estimate of drug-likeness (QED) is 0.798. The van der Waals surface area contributed by atoms with Crippen LogP contribution in [0.25, 0.3) is 0 Å². The van der Waals surface area contributed by atoms with E-state index in [1.807, 2.05) is 0 Å². The number of amides is 1. The fraction of sp³-hybridized carbons (Fsp3) is 0.588. The zero-order valence-corrected chi connectivity index (χ0v) is 14.2. The van der Waals surface area contributed by atoms with E-state index in [0.29, 0.717) is 31.3 Å².